The Balaban J connectivity index is 0.00000288. The smallest absolute Gasteiger partial charge is 0.191 e. The van der Waals surface area contributed by atoms with Crippen molar-refractivity contribution in [1.29, 1.82) is 0 Å². The zero-order chi connectivity index (χ0) is 16.3. The Morgan fingerprint density at radius 3 is 2.50 bits per heavy atom. The molecule has 2 aromatic rings. The third-order valence-corrected chi connectivity index (χ3v) is 3.26. The fraction of sp³-hybridized carbons (Fsp3) is 0.211. The van der Waals surface area contributed by atoms with Gasteiger partial charge in [0.25, 0.3) is 0 Å². The average molecular weight is 437 g/mol. The van der Waals surface area contributed by atoms with Gasteiger partial charge in [0.1, 0.15) is 12.4 Å². The van der Waals surface area contributed by atoms with Crippen LogP contribution in [0.5, 0.6) is 5.75 Å². The summed E-state index contributed by atoms with van der Waals surface area (Å²) in [5.74, 6) is 1.62. The maximum Gasteiger partial charge on any atom is 0.191 e. The van der Waals surface area contributed by atoms with E-state index in [1.807, 2.05) is 36.4 Å². The predicted octanol–water partition coefficient (Wildman–Crippen LogP) is 3.70. The highest BCUT2D eigenvalue weighted by Crippen LogP contribution is 2.29. The van der Waals surface area contributed by atoms with Gasteiger partial charge in [-0.1, -0.05) is 54.6 Å². The normalized spacial score (nSPS) is 10.5. The molecule has 4 nitrogen and oxygen atoms in total. The molecule has 0 atom stereocenters. The topological polar surface area (TPSA) is 45.7 Å². The van der Waals surface area contributed by atoms with Crippen LogP contribution in [-0.2, 0) is 0 Å². The van der Waals surface area contributed by atoms with Crippen molar-refractivity contribution in [2.45, 2.75) is 0 Å². The number of para-hydroxylation sites is 1. The highest BCUT2D eigenvalue weighted by molar-refractivity contribution is 14.0. The van der Waals surface area contributed by atoms with Crippen LogP contribution < -0.4 is 15.4 Å². The Kier molecular flexibility index (Phi) is 9.60. The number of guanidine groups is 1. The van der Waals surface area contributed by atoms with Gasteiger partial charge in [-0.05, 0) is 11.6 Å². The van der Waals surface area contributed by atoms with Crippen LogP contribution in [0.3, 0.4) is 0 Å². The zero-order valence-electron chi connectivity index (χ0n) is 13.9. The van der Waals surface area contributed by atoms with E-state index in [-0.39, 0.29) is 24.0 Å². The lowest BCUT2D eigenvalue weighted by molar-refractivity contribution is 0.323. The molecule has 0 bridgehead atoms. The fourth-order valence-electron chi connectivity index (χ4n) is 2.17. The Morgan fingerprint density at radius 1 is 1.08 bits per heavy atom. The molecule has 128 valence electrons. The largest absolute Gasteiger partial charge is 0.491 e. The number of benzene rings is 2. The summed E-state index contributed by atoms with van der Waals surface area (Å²) in [6.45, 7) is 5.57. The highest BCUT2D eigenvalue weighted by atomic mass is 127. The molecule has 24 heavy (non-hydrogen) atoms. The first-order chi connectivity index (χ1) is 11.3. The van der Waals surface area contributed by atoms with Crippen molar-refractivity contribution < 1.29 is 4.74 Å². The Labute approximate surface area is 161 Å². The molecule has 0 saturated carbocycles. The SMILES string of the molecule is C=CCNC(=NC)NCCOc1ccccc1-c1ccccc1.I. The van der Waals surface area contributed by atoms with Crippen molar-refractivity contribution >= 4 is 29.9 Å². The summed E-state index contributed by atoms with van der Waals surface area (Å²) in [6, 6.07) is 18.3. The number of rotatable bonds is 7. The molecule has 0 fully saturated rings. The van der Waals surface area contributed by atoms with E-state index in [0.29, 0.717) is 19.7 Å². The summed E-state index contributed by atoms with van der Waals surface area (Å²) in [7, 11) is 1.74. The second-order valence-corrected chi connectivity index (χ2v) is 4.88. The monoisotopic (exact) mass is 437 g/mol. The van der Waals surface area contributed by atoms with Crippen LogP contribution >= 0.6 is 24.0 Å². The summed E-state index contributed by atoms with van der Waals surface area (Å²) in [4.78, 5) is 4.13. The summed E-state index contributed by atoms with van der Waals surface area (Å²) >= 11 is 0. The van der Waals surface area contributed by atoms with Gasteiger partial charge >= 0.3 is 0 Å². The molecular formula is C19H24IN3O. The maximum atomic E-state index is 5.93. The molecule has 5 heteroatoms. The van der Waals surface area contributed by atoms with Crippen LogP contribution in [0.4, 0.5) is 0 Å². The van der Waals surface area contributed by atoms with E-state index in [2.05, 4.69) is 40.4 Å². The third-order valence-electron chi connectivity index (χ3n) is 3.26. The molecule has 0 heterocycles. The molecule has 0 saturated heterocycles. The first kappa shape index (κ1) is 20.0. The van der Waals surface area contributed by atoms with Crippen molar-refractivity contribution in [2.75, 3.05) is 26.7 Å². The summed E-state index contributed by atoms with van der Waals surface area (Å²) in [5.41, 5.74) is 2.25. The summed E-state index contributed by atoms with van der Waals surface area (Å²) in [6.07, 6.45) is 1.79. The van der Waals surface area contributed by atoms with Gasteiger partial charge in [0.2, 0.25) is 0 Å². The van der Waals surface area contributed by atoms with Gasteiger partial charge in [-0.2, -0.15) is 0 Å². The van der Waals surface area contributed by atoms with E-state index < -0.39 is 0 Å². The average Bonchev–Trinajstić information content (AvgIpc) is 2.62. The number of nitrogens with one attached hydrogen (secondary N) is 2. The van der Waals surface area contributed by atoms with E-state index in [1.165, 1.54) is 0 Å². The molecule has 0 aliphatic carbocycles. The standard InChI is InChI=1S/C19H23N3O.HI/c1-3-13-21-19(20-2)22-14-15-23-18-12-8-7-11-17(18)16-9-5-4-6-10-16;/h3-12H,1,13-15H2,2H3,(H2,20,21,22);1H. The van der Waals surface area contributed by atoms with Gasteiger partial charge < -0.3 is 15.4 Å². The van der Waals surface area contributed by atoms with Crippen LogP contribution in [0.25, 0.3) is 11.1 Å². The van der Waals surface area contributed by atoms with Crippen molar-refractivity contribution in [2.24, 2.45) is 4.99 Å². The molecule has 2 rings (SSSR count). The molecule has 0 aromatic heterocycles. The van der Waals surface area contributed by atoms with Gasteiger partial charge in [0.15, 0.2) is 5.96 Å². The lowest BCUT2D eigenvalue weighted by atomic mass is 10.1. The number of halogens is 1. The number of hydrogen-bond acceptors (Lipinski definition) is 2. The molecule has 0 unspecified atom stereocenters. The van der Waals surface area contributed by atoms with E-state index in [1.54, 1.807) is 13.1 Å². The number of aliphatic imine (C=N–C) groups is 1. The Morgan fingerprint density at radius 2 is 1.79 bits per heavy atom. The number of hydrogen-bond donors (Lipinski definition) is 2. The second kappa shape index (κ2) is 11.5. The molecular weight excluding hydrogens is 413 g/mol. The first-order valence-corrected chi connectivity index (χ1v) is 7.68. The van der Waals surface area contributed by atoms with Crippen molar-refractivity contribution in [1.82, 2.24) is 10.6 Å². The van der Waals surface area contributed by atoms with Crippen LogP contribution in [0, 0.1) is 0 Å². The zero-order valence-corrected chi connectivity index (χ0v) is 16.2. The van der Waals surface area contributed by atoms with E-state index in [4.69, 9.17) is 4.74 Å². The van der Waals surface area contributed by atoms with Gasteiger partial charge in [0.05, 0.1) is 6.54 Å². The Bertz CT molecular complexity index is 644. The van der Waals surface area contributed by atoms with Crippen molar-refractivity contribution in [3.63, 3.8) is 0 Å². The highest BCUT2D eigenvalue weighted by Gasteiger charge is 2.05. The minimum Gasteiger partial charge on any atom is -0.491 e. The number of ether oxygens (including phenoxy) is 1. The van der Waals surface area contributed by atoms with Crippen molar-refractivity contribution in [3.05, 3.63) is 67.3 Å². The lowest BCUT2D eigenvalue weighted by Gasteiger charge is -2.13. The van der Waals surface area contributed by atoms with Gasteiger partial charge in [-0.25, -0.2) is 0 Å². The lowest BCUT2D eigenvalue weighted by Crippen LogP contribution is -2.39. The molecule has 2 N–H and O–H groups in total. The van der Waals surface area contributed by atoms with Crippen LogP contribution in [-0.4, -0.2) is 32.7 Å². The summed E-state index contributed by atoms with van der Waals surface area (Å²) in [5, 5.41) is 6.32. The van der Waals surface area contributed by atoms with Gasteiger partial charge in [-0.3, -0.25) is 4.99 Å². The summed E-state index contributed by atoms with van der Waals surface area (Å²) < 4.78 is 5.93. The molecule has 2 aromatic carbocycles. The van der Waals surface area contributed by atoms with Crippen molar-refractivity contribution in [3.8, 4) is 16.9 Å². The van der Waals surface area contributed by atoms with E-state index >= 15 is 0 Å². The van der Waals surface area contributed by atoms with Crippen LogP contribution in [0.15, 0.2) is 72.2 Å². The minimum atomic E-state index is 0. The van der Waals surface area contributed by atoms with Gasteiger partial charge in [0, 0.05) is 19.2 Å². The first-order valence-electron chi connectivity index (χ1n) is 7.68. The number of nitrogens with zero attached hydrogens (tertiary/aromatic N) is 1. The van der Waals surface area contributed by atoms with Crippen LogP contribution in [0.2, 0.25) is 0 Å². The van der Waals surface area contributed by atoms with Crippen LogP contribution in [0.1, 0.15) is 0 Å². The fourth-order valence-corrected chi connectivity index (χ4v) is 2.17. The molecule has 0 aliphatic heterocycles. The molecule has 0 amide bonds. The minimum absolute atomic E-state index is 0. The predicted molar refractivity (Wildman–Crippen MR) is 112 cm³/mol. The molecule has 0 radical (unpaired) electrons. The Hall–Kier alpha value is -2.02. The van der Waals surface area contributed by atoms with E-state index in [9.17, 15) is 0 Å². The quantitative estimate of drug-likeness (QED) is 0.228. The maximum absolute atomic E-state index is 5.93. The molecule has 0 aliphatic rings. The van der Waals surface area contributed by atoms with Gasteiger partial charge in [-0.15, -0.1) is 30.6 Å². The second-order valence-electron chi connectivity index (χ2n) is 4.88. The van der Waals surface area contributed by atoms with E-state index in [0.717, 1.165) is 22.8 Å². The third kappa shape index (κ3) is 6.23. The molecule has 0 spiro atoms.